The van der Waals surface area contributed by atoms with E-state index in [1.807, 2.05) is 0 Å². The Morgan fingerprint density at radius 1 is 1.40 bits per heavy atom. The molecule has 0 aromatic heterocycles. The number of hydrogen-bond acceptors (Lipinski definition) is 2. The van der Waals surface area contributed by atoms with Gasteiger partial charge in [-0.1, -0.05) is 39.1 Å². The Bertz CT molecular complexity index is 566. The Balaban J connectivity index is 2.49. The van der Waals surface area contributed by atoms with E-state index >= 15 is 0 Å². The third-order valence-corrected chi connectivity index (χ3v) is 4.24. The highest BCUT2D eigenvalue weighted by atomic mass is 79.9. The van der Waals surface area contributed by atoms with E-state index in [2.05, 4.69) is 21.2 Å². The van der Waals surface area contributed by atoms with E-state index in [0.717, 1.165) is 11.8 Å². The second kappa shape index (κ2) is 6.33. The van der Waals surface area contributed by atoms with Crippen molar-refractivity contribution in [3.05, 3.63) is 27.7 Å². The summed E-state index contributed by atoms with van der Waals surface area (Å²) >= 11 is 15.7. The molecule has 1 aromatic rings. The van der Waals surface area contributed by atoms with Crippen LogP contribution in [0.25, 0.3) is 0 Å². The lowest BCUT2D eigenvalue weighted by molar-refractivity contribution is -0.126. The molecule has 4 nitrogen and oxygen atoms in total. The Kier molecular flexibility index (Phi) is 4.94. The summed E-state index contributed by atoms with van der Waals surface area (Å²) in [7, 11) is 0. The molecule has 0 bridgehead atoms. The fourth-order valence-electron chi connectivity index (χ4n) is 2.27. The molecule has 1 atom stereocenters. The van der Waals surface area contributed by atoms with Crippen molar-refractivity contribution >= 4 is 56.6 Å². The summed E-state index contributed by atoms with van der Waals surface area (Å²) in [5.74, 6) is -0.487. The number of fused-ring (bicyclic) bond motifs is 1. The van der Waals surface area contributed by atoms with Gasteiger partial charge in [0.05, 0.1) is 10.7 Å². The smallest absolute Gasteiger partial charge is 0.254 e. The van der Waals surface area contributed by atoms with Crippen LogP contribution >= 0.6 is 39.1 Å². The Morgan fingerprint density at radius 3 is 2.65 bits per heavy atom. The first-order chi connectivity index (χ1) is 9.47. The van der Waals surface area contributed by atoms with Gasteiger partial charge in [-0.15, -0.1) is 0 Å². The average Bonchev–Trinajstić information content (AvgIpc) is 2.66. The zero-order chi connectivity index (χ0) is 14.9. The number of anilines is 1. The van der Waals surface area contributed by atoms with Crippen LogP contribution in [0.1, 0.15) is 24.9 Å². The molecule has 0 aliphatic carbocycles. The number of carbonyl (C=O) groups is 2. The van der Waals surface area contributed by atoms with Gasteiger partial charge in [-0.2, -0.15) is 0 Å². The largest absolute Gasteiger partial charge is 0.341 e. The van der Waals surface area contributed by atoms with Crippen molar-refractivity contribution in [2.45, 2.75) is 19.4 Å². The number of amides is 2. The van der Waals surface area contributed by atoms with E-state index in [4.69, 9.17) is 23.2 Å². The van der Waals surface area contributed by atoms with Crippen molar-refractivity contribution in [3.8, 4) is 0 Å². The molecule has 2 amide bonds. The fourth-order valence-corrected chi connectivity index (χ4v) is 3.05. The molecule has 0 radical (unpaired) electrons. The fraction of sp³-hybridized carbons (Fsp3) is 0.385. The highest BCUT2D eigenvalue weighted by molar-refractivity contribution is 9.09. The number of rotatable bonds is 4. The standard InChI is InChI=1S/C13H13BrCl2N2O2/c1-7(19)17-11-10-8(15)3-4-9(16)12(10)18(13(11)20)6-2-5-14/h3-4,11H,2,5-6H2,1H3,(H,17,19). The summed E-state index contributed by atoms with van der Waals surface area (Å²) in [4.78, 5) is 25.4. The number of hydrogen-bond donors (Lipinski definition) is 1. The number of nitrogens with one attached hydrogen (secondary N) is 1. The van der Waals surface area contributed by atoms with Gasteiger partial charge in [-0.05, 0) is 18.6 Å². The van der Waals surface area contributed by atoms with Crippen molar-refractivity contribution in [2.24, 2.45) is 0 Å². The van der Waals surface area contributed by atoms with Crippen LogP contribution < -0.4 is 10.2 Å². The summed E-state index contributed by atoms with van der Waals surface area (Å²) in [6.45, 7) is 1.89. The van der Waals surface area contributed by atoms with Crippen molar-refractivity contribution in [1.82, 2.24) is 5.32 Å². The molecule has 1 N–H and O–H groups in total. The first kappa shape index (κ1) is 15.6. The van der Waals surface area contributed by atoms with Gasteiger partial charge < -0.3 is 10.2 Å². The van der Waals surface area contributed by atoms with Crippen molar-refractivity contribution < 1.29 is 9.59 Å². The average molecular weight is 380 g/mol. The second-order valence-electron chi connectivity index (χ2n) is 4.46. The van der Waals surface area contributed by atoms with E-state index in [1.54, 1.807) is 17.0 Å². The summed E-state index contributed by atoms with van der Waals surface area (Å²) in [6, 6.07) is 2.54. The van der Waals surface area contributed by atoms with Crippen molar-refractivity contribution in [1.29, 1.82) is 0 Å². The van der Waals surface area contributed by atoms with Gasteiger partial charge in [0.1, 0.15) is 6.04 Å². The van der Waals surface area contributed by atoms with Crippen molar-refractivity contribution in [3.63, 3.8) is 0 Å². The molecule has 108 valence electrons. The quantitative estimate of drug-likeness (QED) is 0.816. The number of halogens is 3. The minimum atomic E-state index is -0.760. The maximum absolute atomic E-state index is 12.5. The number of alkyl halides is 1. The van der Waals surface area contributed by atoms with E-state index in [-0.39, 0.29) is 11.8 Å². The van der Waals surface area contributed by atoms with E-state index in [9.17, 15) is 9.59 Å². The molecule has 0 fully saturated rings. The predicted molar refractivity (Wildman–Crippen MR) is 83.8 cm³/mol. The predicted octanol–water partition coefficient (Wildman–Crippen LogP) is 3.30. The van der Waals surface area contributed by atoms with Gasteiger partial charge in [0.2, 0.25) is 5.91 Å². The highest BCUT2D eigenvalue weighted by Gasteiger charge is 2.40. The monoisotopic (exact) mass is 378 g/mol. The number of carbonyl (C=O) groups excluding carboxylic acids is 2. The van der Waals surface area contributed by atoms with Gasteiger partial charge in [0, 0.05) is 29.4 Å². The first-order valence-electron chi connectivity index (χ1n) is 6.09. The van der Waals surface area contributed by atoms with Crippen LogP contribution in [0.5, 0.6) is 0 Å². The van der Waals surface area contributed by atoms with Gasteiger partial charge >= 0.3 is 0 Å². The van der Waals surface area contributed by atoms with Crippen LogP contribution in [-0.4, -0.2) is 23.7 Å². The molecule has 0 saturated carbocycles. The lowest BCUT2D eigenvalue weighted by Crippen LogP contribution is -2.37. The molecule has 1 aliphatic rings. The molecular weight excluding hydrogens is 367 g/mol. The van der Waals surface area contributed by atoms with Gasteiger partial charge in [0.15, 0.2) is 0 Å². The molecule has 20 heavy (non-hydrogen) atoms. The number of nitrogens with zero attached hydrogens (tertiary/aromatic N) is 1. The molecule has 2 rings (SSSR count). The maximum atomic E-state index is 12.5. The van der Waals surface area contributed by atoms with Crippen LogP contribution in [0.4, 0.5) is 5.69 Å². The number of benzene rings is 1. The van der Waals surface area contributed by atoms with Gasteiger partial charge in [0.25, 0.3) is 5.91 Å². The van der Waals surface area contributed by atoms with Crippen molar-refractivity contribution in [2.75, 3.05) is 16.8 Å². The van der Waals surface area contributed by atoms with E-state index < -0.39 is 6.04 Å². The van der Waals surface area contributed by atoms with E-state index in [0.29, 0.717) is 27.8 Å². The Hall–Kier alpha value is -0.780. The first-order valence-corrected chi connectivity index (χ1v) is 7.97. The molecule has 0 spiro atoms. The second-order valence-corrected chi connectivity index (χ2v) is 6.06. The SMILES string of the molecule is CC(=O)NC1C(=O)N(CCCBr)c2c(Cl)ccc(Cl)c21. The minimum absolute atomic E-state index is 0.203. The topological polar surface area (TPSA) is 49.4 Å². The molecule has 1 aliphatic heterocycles. The molecule has 7 heteroatoms. The highest BCUT2D eigenvalue weighted by Crippen LogP contribution is 2.44. The van der Waals surface area contributed by atoms with Gasteiger partial charge in [-0.3, -0.25) is 9.59 Å². The summed E-state index contributed by atoms with van der Waals surface area (Å²) < 4.78 is 0. The van der Waals surface area contributed by atoms with Crippen LogP contribution in [0.2, 0.25) is 10.0 Å². The zero-order valence-electron chi connectivity index (χ0n) is 10.8. The normalized spacial score (nSPS) is 17.3. The summed E-state index contributed by atoms with van der Waals surface area (Å²) in [6.07, 6.45) is 0.779. The minimum Gasteiger partial charge on any atom is -0.341 e. The lowest BCUT2D eigenvalue weighted by atomic mass is 10.1. The Morgan fingerprint density at radius 2 is 2.05 bits per heavy atom. The van der Waals surface area contributed by atoms with Gasteiger partial charge in [-0.25, -0.2) is 0 Å². The Labute approximate surface area is 135 Å². The van der Waals surface area contributed by atoms with E-state index in [1.165, 1.54) is 6.92 Å². The summed E-state index contributed by atoms with van der Waals surface area (Å²) in [5.41, 5.74) is 1.18. The maximum Gasteiger partial charge on any atom is 0.254 e. The molecule has 0 saturated heterocycles. The van der Waals surface area contributed by atoms with Crippen LogP contribution in [0.15, 0.2) is 12.1 Å². The zero-order valence-corrected chi connectivity index (χ0v) is 13.8. The van der Waals surface area contributed by atoms with Crippen LogP contribution in [0, 0.1) is 0 Å². The van der Waals surface area contributed by atoms with Crippen LogP contribution in [-0.2, 0) is 9.59 Å². The molecule has 1 unspecified atom stereocenters. The molecule has 1 aromatic carbocycles. The third-order valence-electron chi connectivity index (χ3n) is 3.05. The van der Waals surface area contributed by atoms with Crippen LogP contribution in [0.3, 0.4) is 0 Å². The third kappa shape index (κ3) is 2.80. The lowest BCUT2D eigenvalue weighted by Gasteiger charge is -2.18. The molecule has 1 heterocycles. The molecular formula is C13H13BrCl2N2O2. The summed E-state index contributed by atoms with van der Waals surface area (Å²) in [5, 5.41) is 4.30.